The van der Waals surface area contributed by atoms with Crippen LogP contribution in [0.25, 0.3) is 0 Å². The molecule has 0 N–H and O–H groups in total. The molecule has 1 rings (SSSR count). The molecular formula is C9H11ClN2OS. The third-order valence-corrected chi connectivity index (χ3v) is 2.54. The van der Waals surface area contributed by atoms with Gasteiger partial charge in [-0.05, 0) is 18.4 Å². The van der Waals surface area contributed by atoms with Crippen molar-refractivity contribution in [1.82, 2.24) is 4.98 Å². The molecule has 0 atom stereocenters. The Labute approximate surface area is 92.5 Å². The molecule has 0 spiro atoms. The van der Waals surface area contributed by atoms with Crippen LogP contribution in [0.4, 0.5) is 0 Å². The monoisotopic (exact) mass is 230 g/mol. The fraction of sp³-hybridized carbons (Fsp3) is 0.333. The second-order valence-electron chi connectivity index (χ2n) is 2.43. The maximum Gasteiger partial charge on any atom is 0.138 e. The topological polar surface area (TPSA) is 34.5 Å². The minimum Gasteiger partial charge on any atom is -0.485 e. The van der Waals surface area contributed by atoms with Crippen molar-refractivity contribution >= 4 is 28.4 Å². The van der Waals surface area contributed by atoms with E-state index in [0.717, 1.165) is 5.04 Å². The number of ether oxygens (including phenoxy) is 1. The highest BCUT2D eigenvalue weighted by Gasteiger charge is 1.98. The van der Waals surface area contributed by atoms with Gasteiger partial charge in [-0.15, -0.1) is 11.8 Å². The Morgan fingerprint density at radius 2 is 2.43 bits per heavy atom. The number of pyridine rings is 1. The first-order valence-corrected chi connectivity index (χ1v) is 5.60. The molecule has 1 aromatic heterocycles. The third kappa shape index (κ3) is 3.55. The summed E-state index contributed by atoms with van der Waals surface area (Å²) >= 11 is 7.21. The summed E-state index contributed by atoms with van der Waals surface area (Å²) in [4.78, 5) is 7.95. The molecule has 3 nitrogen and oxygen atoms in total. The zero-order chi connectivity index (χ0) is 10.4. The zero-order valence-corrected chi connectivity index (χ0v) is 9.60. The minimum atomic E-state index is 0.464. The second kappa shape index (κ2) is 5.88. The number of aromatic nitrogens is 1. The van der Waals surface area contributed by atoms with Crippen LogP contribution in [0, 0.1) is 0 Å². The summed E-state index contributed by atoms with van der Waals surface area (Å²) in [6.45, 7) is 0.473. The smallest absolute Gasteiger partial charge is 0.138 e. The molecule has 0 amide bonds. The lowest BCUT2D eigenvalue weighted by Crippen LogP contribution is -2.07. The molecule has 0 radical (unpaired) electrons. The molecule has 0 saturated carbocycles. The lowest BCUT2D eigenvalue weighted by Gasteiger charge is -2.05. The summed E-state index contributed by atoms with van der Waals surface area (Å²) in [5.74, 6) is 0.699. The quantitative estimate of drug-likeness (QED) is 0.455. The van der Waals surface area contributed by atoms with Gasteiger partial charge >= 0.3 is 0 Å². The Bertz CT molecular complexity index is 313. The maximum absolute atomic E-state index is 5.63. The van der Waals surface area contributed by atoms with Crippen molar-refractivity contribution in [3.05, 3.63) is 23.5 Å². The first-order chi connectivity index (χ1) is 6.76. The van der Waals surface area contributed by atoms with Crippen LogP contribution in [0.2, 0.25) is 5.15 Å². The van der Waals surface area contributed by atoms with Crippen LogP contribution in [0.5, 0.6) is 5.75 Å². The molecule has 0 aliphatic carbocycles. The largest absolute Gasteiger partial charge is 0.485 e. The van der Waals surface area contributed by atoms with Crippen molar-refractivity contribution in [2.75, 3.05) is 19.9 Å². The van der Waals surface area contributed by atoms with Gasteiger partial charge in [0.25, 0.3) is 0 Å². The molecule has 1 heterocycles. The predicted octanol–water partition coefficient (Wildman–Crippen LogP) is 2.51. The Kier molecular flexibility index (Phi) is 4.76. The number of hydrogen-bond acceptors (Lipinski definition) is 4. The highest BCUT2D eigenvalue weighted by molar-refractivity contribution is 8.13. The van der Waals surface area contributed by atoms with E-state index in [1.54, 1.807) is 37.1 Å². The van der Waals surface area contributed by atoms with Crippen LogP contribution >= 0.6 is 23.4 Å². The van der Waals surface area contributed by atoms with Gasteiger partial charge in [-0.1, -0.05) is 11.6 Å². The lowest BCUT2D eigenvalue weighted by molar-refractivity contribution is 0.377. The first kappa shape index (κ1) is 11.3. The Hall–Kier alpha value is -0.740. The van der Waals surface area contributed by atoms with E-state index in [9.17, 15) is 0 Å². The fourth-order valence-electron chi connectivity index (χ4n) is 0.807. The van der Waals surface area contributed by atoms with Crippen LogP contribution in [0.3, 0.4) is 0 Å². The number of aliphatic imine (C=N–C) groups is 1. The van der Waals surface area contributed by atoms with Crippen molar-refractivity contribution in [1.29, 1.82) is 0 Å². The molecule has 0 aliphatic heterocycles. The van der Waals surface area contributed by atoms with Gasteiger partial charge in [0.2, 0.25) is 0 Å². The summed E-state index contributed by atoms with van der Waals surface area (Å²) in [6, 6.07) is 3.47. The molecule has 0 saturated heterocycles. The first-order valence-electron chi connectivity index (χ1n) is 4.00. The molecule has 76 valence electrons. The Morgan fingerprint density at radius 3 is 2.93 bits per heavy atom. The molecule has 5 heteroatoms. The molecular weight excluding hydrogens is 220 g/mol. The molecule has 0 bridgehead atoms. The third-order valence-electron chi connectivity index (χ3n) is 1.55. The number of rotatable bonds is 3. The van der Waals surface area contributed by atoms with E-state index in [1.165, 1.54) is 0 Å². The van der Waals surface area contributed by atoms with Crippen molar-refractivity contribution in [3.8, 4) is 5.75 Å². The standard InChI is InChI=1S/C9H11ClN2OS/c1-11-9(14-2)6-13-7-3-4-8(10)12-5-7/h3-5H,6H2,1-2H3. The molecule has 0 unspecified atom stereocenters. The highest BCUT2D eigenvalue weighted by Crippen LogP contribution is 2.12. The van der Waals surface area contributed by atoms with Gasteiger partial charge in [-0.25, -0.2) is 4.98 Å². The number of thioether (sulfide) groups is 1. The van der Waals surface area contributed by atoms with E-state index >= 15 is 0 Å². The molecule has 0 aliphatic rings. The van der Waals surface area contributed by atoms with Crippen LogP contribution in [0.1, 0.15) is 0 Å². The van der Waals surface area contributed by atoms with Crippen molar-refractivity contribution in [2.24, 2.45) is 4.99 Å². The van der Waals surface area contributed by atoms with E-state index < -0.39 is 0 Å². The van der Waals surface area contributed by atoms with Gasteiger partial charge in [0, 0.05) is 7.05 Å². The summed E-state index contributed by atoms with van der Waals surface area (Å²) < 4.78 is 5.43. The minimum absolute atomic E-state index is 0.464. The average Bonchev–Trinajstić information content (AvgIpc) is 2.22. The van der Waals surface area contributed by atoms with E-state index in [1.807, 2.05) is 6.26 Å². The van der Waals surface area contributed by atoms with E-state index in [-0.39, 0.29) is 0 Å². The molecule has 1 aromatic rings. The van der Waals surface area contributed by atoms with Crippen LogP contribution < -0.4 is 4.74 Å². The molecule has 0 fully saturated rings. The summed E-state index contributed by atoms with van der Waals surface area (Å²) in [5.41, 5.74) is 0. The normalized spacial score (nSPS) is 11.5. The van der Waals surface area contributed by atoms with Gasteiger partial charge in [0.05, 0.1) is 6.20 Å². The maximum atomic E-state index is 5.63. The predicted molar refractivity (Wildman–Crippen MR) is 61.6 cm³/mol. The van der Waals surface area contributed by atoms with Gasteiger partial charge in [-0.3, -0.25) is 4.99 Å². The second-order valence-corrected chi connectivity index (χ2v) is 3.69. The number of hydrogen-bond donors (Lipinski definition) is 0. The van der Waals surface area contributed by atoms with Crippen molar-refractivity contribution in [3.63, 3.8) is 0 Å². The zero-order valence-electron chi connectivity index (χ0n) is 8.03. The van der Waals surface area contributed by atoms with E-state index in [2.05, 4.69) is 9.98 Å². The SMILES string of the molecule is CN=C(COc1ccc(Cl)nc1)SC. The van der Waals surface area contributed by atoms with Gasteiger partial charge < -0.3 is 4.74 Å². The Morgan fingerprint density at radius 1 is 1.64 bits per heavy atom. The van der Waals surface area contributed by atoms with Crippen LogP contribution in [-0.2, 0) is 0 Å². The van der Waals surface area contributed by atoms with E-state index in [0.29, 0.717) is 17.5 Å². The molecule has 14 heavy (non-hydrogen) atoms. The summed E-state index contributed by atoms with van der Waals surface area (Å²) in [6.07, 6.45) is 3.56. The van der Waals surface area contributed by atoms with Crippen LogP contribution in [0.15, 0.2) is 23.3 Å². The van der Waals surface area contributed by atoms with Gasteiger partial charge in [-0.2, -0.15) is 0 Å². The number of halogens is 1. The van der Waals surface area contributed by atoms with Gasteiger partial charge in [0.15, 0.2) is 0 Å². The van der Waals surface area contributed by atoms with Crippen LogP contribution in [-0.4, -0.2) is 29.9 Å². The highest BCUT2D eigenvalue weighted by atomic mass is 35.5. The van der Waals surface area contributed by atoms with Crippen molar-refractivity contribution < 1.29 is 4.74 Å². The fourth-order valence-corrected chi connectivity index (χ4v) is 1.28. The summed E-state index contributed by atoms with van der Waals surface area (Å²) in [7, 11) is 1.75. The number of nitrogens with zero attached hydrogens (tertiary/aromatic N) is 2. The van der Waals surface area contributed by atoms with E-state index in [4.69, 9.17) is 16.3 Å². The molecule has 0 aromatic carbocycles. The summed E-state index contributed by atoms with van der Waals surface area (Å²) in [5, 5.41) is 1.41. The lowest BCUT2D eigenvalue weighted by atomic mass is 10.5. The average molecular weight is 231 g/mol. The van der Waals surface area contributed by atoms with Crippen molar-refractivity contribution in [2.45, 2.75) is 0 Å². The Balaban J connectivity index is 2.49. The van der Waals surface area contributed by atoms with Gasteiger partial charge in [0.1, 0.15) is 22.6 Å².